The largest absolute Gasteiger partial charge is 0.467 e. The van der Waals surface area contributed by atoms with E-state index >= 15 is 0 Å². The van der Waals surface area contributed by atoms with Crippen LogP contribution in [0.1, 0.15) is 38.1 Å². The van der Waals surface area contributed by atoms with Crippen molar-refractivity contribution in [2.45, 2.75) is 39.5 Å². The Labute approximate surface area is 159 Å². The van der Waals surface area contributed by atoms with Gasteiger partial charge in [-0.25, -0.2) is 9.78 Å². The van der Waals surface area contributed by atoms with Crippen LogP contribution < -0.4 is 15.4 Å². The third-order valence-electron chi connectivity index (χ3n) is 4.89. The summed E-state index contributed by atoms with van der Waals surface area (Å²) in [6.45, 7) is 6.61. The SMILES string of the molecule is COc1ncc2c(n1)[C@H](NC(=O)OCc1ccccc1)[C@@H](C)[C@H](C(C)C)N2. The highest BCUT2D eigenvalue weighted by Gasteiger charge is 2.38. The van der Waals surface area contributed by atoms with Crippen molar-refractivity contribution in [3.05, 3.63) is 47.8 Å². The Balaban J connectivity index is 1.78. The van der Waals surface area contributed by atoms with E-state index in [2.05, 4.69) is 41.4 Å². The lowest BCUT2D eigenvalue weighted by atomic mass is 9.81. The van der Waals surface area contributed by atoms with Crippen molar-refractivity contribution in [1.82, 2.24) is 15.3 Å². The lowest BCUT2D eigenvalue weighted by Crippen LogP contribution is -2.46. The number of ether oxygens (including phenoxy) is 2. The molecule has 0 spiro atoms. The van der Waals surface area contributed by atoms with Crippen LogP contribution in [-0.4, -0.2) is 29.2 Å². The Morgan fingerprint density at radius 3 is 2.70 bits per heavy atom. The Hall–Kier alpha value is -2.83. The highest BCUT2D eigenvalue weighted by Crippen LogP contribution is 2.38. The second-order valence-corrected chi connectivity index (χ2v) is 7.11. The average molecular weight is 370 g/mol. The number of carbonyl (C=O) groups is 1. The summed E-state index contributed by atoms with van der Waals surface area (Å²) in [7, 11) is 1.52. The molecule has 7 nitrogen and oxygen atoms in total. The lowest BCUT2D eigenvalue weighted by molar-refractivity contribution is 0.129. The number of hydrogen-bond acceptors (Lipinski definition) is 6. The van der Waals surface area contributed by atoms with Gasteiger partial charge >= 0.3 is 12.1 Å². The molecule has 2 heterocycles. The minimum absolute atomic E-state index is 0.112. The molecule has 2 aromatic rings. The van der Waals surface area contributed by atoms with Crippen LogP contribution in [-0.2, 0) is 11.3 Å². The first-order valence-corrected chi connectivity index (χ1v) is 9.14. The quantitative estimate of drug-likeness (QED) is 0.837. The molecule has 0 saturated carbocycles. The van der Waals surface area contributed by atoms with Crippen LogP contribution in [0.2, 0.25) is 0 Å². The maximum atomic E-state index is 12.4. The third-order valence-corrected chi connectivity index (χ3v) is 4.89. The van der Waals surface area contributed by atoms with E-state index in [1.807, 2.05) is 30.3 Å². The van der Waals surface area contributed by atoms with E-state index < -0.39 is 6.09 Å². The standard InChI is InChI=1S/C20H26N4O3/c1-12(2)16-13(3)17(18-15(22-16)10-21-19(23-18)26-4)24-20(25)27-11-14-8-6-5-7-9-14/h5-10,12-13,16-17,22H,11H2,1-4H3,(H,24,25)/t13-,16-,17+/m0/s1. The first-order chi connectivity index (χ1) is 13.0. The van der Waals surface area contributed by atoms with Crippen LogP contribution in [0, 0.1) is 11.8 Å². The molecule has 1 aromatic heterocycles. The van der Waals surface area contributed by atoms with Crippen molar-refractivity contribution in [2.75, 3.05) is 12.4 Å². The fourth-order valence-electron chi connectivity index (χ4n) is 3.46. The van der Waals surface area contributed by atoms with Crippen LogP contribution in [0.4, 0.5) is 10.5 Å². The van der Waals surface area contributed by atoms with Gasteiger partial charge in [0.25, 0.3) is 0 Å². The van der Waals surface area contributed by atoms with Gasteiger partial charge in [-0.15, -0.1) is 0 Å². The summed E-state index contributed by atoms with van der Waals surface area (Å²) in [6.07, 6.45) is 1.23. The van der Waals surface area contributed by atoms with Crippen molar-refractivity contribution >= 4 is 11.8 Å². The molecule has 3 atom stereocenters. The van der Waals surface area contributed by atoms with Gasteiger partial charge in [0.1, 0.15) is 6.61 Å². The first-order valence-electron chi connectivity index (χ1n) is 9.14. The van der Waals surface area contributed by atoms with Crippen LogP contribution in [0.5, 0.6) is 6.01 Å². The van der Waals surface area contributed by atoms with Crippen molar-refractivity contribution in [1.29, 1.82) is 0 Å². The molecule has 0 bridgehead atoms. The summed E-state index contributed by atoms with van der Waals surface area (Å²) in [5, 5.41) is 6.47. The van der Waals surface area contributed by atoms with Crippen LogP contribution in [0.25, 0.3) is 0 Å². The molecule has 2 N–H and O–H groups in total. The van der Waals surface area contributed by atoms with Gasteiger partial charge in [0.15, 0.2) is 0 Å². The summed E-state index contributed by atoms with van der Waals surface area (Å²) in [4.78, 5) is 21.1. The number of alkyl carbamates (subject to hydrolysis) is 1. The van der Waals surface area contributed by atoms with Crippen molar-refractivity contribution < 1.29 is 14.3 Å². The highest BCUT2D eigenvalue weighted by molar-refractivity contribution is 5.69. The molecule has 1 aliphatic rings. The number of aromatic nitrogens is 2. The third kappa shape index (κ3) is 4.30. The van der Waals surface area contributed by atoms with Crippen LogP contribution in [0.3, 0.4) is 0 Å². The molecule has 7 heteroatoms. The normalized spacial score (nSPS) is 21.1. The number of anilines is 1. The van der Waals surface area contributed by atoms with Crippen LogP contribution in [0.15, 0.2) is 36.5 Å². The van der Waals surface area contributed by atoms with Gasteiger partial charge in [0, 0.05) is 12.0 Å². The molecule has 0 fully saturated rings. The number of amides is 1. The second kappa shape index (κ2) is 8.24. The molecule has 0 radical (unpaired) electrons. The summed E-state index contributed by atoms with van der Waals surface area (Å²) < 4.78 is 10.6. The van der Waals surface area contributed by atoms with E-state index in [1.165, 1.54) is 7.11 Å². The monoisotopic (exact) mass is 370 g/mol. The number of fused-ring (bicyclic) bond motifs is 1. The molecule has 1 aromatic carbocycles. The lowest BCUT2D eigenvalue weighted by Gasteiger charge is -2.40. The molecule has 0 unspecified atom stereocenters. The molecule has 1 amide bonds. The van der Waals surface area contributed by atoms with Gasteiger partial charge in [-0.2, -0.15) is 4.98 Å². The molecule has 27 heavy (non-hydrogen) atoms. The summed E-state index contributed by atoms with van der Waals surface area (Å²) in [6, 6.07) is 9.75. The van der Waals surface area contributed by atoms with E-state index in [-0.39, 0.29) is 30.6 Å². The van der Waals surface area contributed by atoms with Gasteiger partial charge in [-0.1, -0.05) is 51.1 Å². The Morgan fingerprint density at radius 1 is 1.30 bits per heavy atom. The number of carbonyl (C=O) groups excluding carboxylic acids is 1. The smallest absolute Gasteiger partial charge is 0.408 e. The van der Waals surface area contributed by atoms with E-state index in [0.717, 1.165) is 11.3 Å². The highest BCUT2D eigenvalue weighted by atomic mass is 16.5. The zero-order valence-corrected chi connectivity index (χ0v) is 16.1. The molecule has 0 saturated heterocycles. The fourth-order valence-corrected chi connectivity index (χ4v) is 3.46. The fraction of sp³-hybridized carbons (Fsp3) is 0.450. The number of methoxy groups -OCH3 is 1. The number of hydrogen-bond donors (Lipinski definition) is 2. The second-order valence-electron chi connectivity index (χ2n) is 7.11. The summed E-state index contributed by atoms with van der Waals surface area (Å²) >= 11 is 0. The Bertz CT molecular complexity index is 782. The maximum absolute atomic E-state index is 12.4. The van der Waals surface area contributed by atoms with Gasteiger partial charge in [0.05, 0.1) is 30.7 Å². The number of benzene rings is 1. The molecule has 3 rings (SSSR count). The molecular formula is C20H26N4O3. The van der Waals surface area contributed by atoms with E-state index in [9.17, 15) is 4.79 Å². The Kier molecular flexibility index (Phi) is 5.78. The molecule has 0 aliphatic carbocycles. The molecule has 144 valence electrons. The average Bonchev–Trinajstić information content (AvgIpc) is 2.68. The number of nitrogens with zero attached hydrogens (tertiary/aromatic N) is 2. The predicted molar refractivity (Wildman–Crippen MR) is 103 cm³/mol. The van der Waals surface area contributed by atoms with Crippen molar-refractivity contribution in [3.8, 4) is 6.01 Å². The van der Waals surface area contributed by atoms with Crippen LogP contribution >= 0.6 is 0 Å². The van der Waals surface area contributed by atoms with Crippen molar-refractivity contribution in [3.63, 3.8) is 0 Å². The van der Waals surface area contributed by atoms with Crippen molar-refractivity contribution in [2.24, 2.45) is 11.8 Å². The van der Waals surface area contributed by atoms with E-state index in [4.69, 9.17) is 9.47 Å². The zero-order valence-electron chi connectivity index (χ0n) is 16.1. The van der Waals surface area contributed by atoms with Gasteiger partial charge in [-0.05, 0) is 11.5 Å². The summed E-state index contributed by atoms with van der Waals surface area (Å²) in [5.74, 6) is 0.487. The minimum atomic E-state index is -0.469. The van der Waals surface area contributed by atoms with Gasteiger partial charge in [-0.3, -0.25) is 0 Å². The maximum Gasteiger partial charge on any atom is 0.408 e. The van der Waals surface area contributed by atoms with Gasteiger partial charge < -0.3 is 20.1 Å². The molecule has 1 aliphatic heterocycles. The minimum Gasteiger partial charge on any atom is -0.467 e. The zero-order chi connectivity index (χ0) is 19.4. The number of rotatable bonds is 5. The Morgan fingerprint density at radius 2 is 2.04 bits per heavy atom. The van der Waals surface area contributed by atoms with Gasteiger partial charge in [0.2, 0.25) is 0 Å². The number of nitrogens with one attached hydrogen (secondary N) is 2. The van der Waals surface area contributed by atoms with E-state index in [1.54, 1.807) is 6.20 Å². The van der Waals surface area contributed by atoms with E-state index in [0.29, 0.717) is 11.6 Å². The topological polar surface area (TPSA) is 85.4 Å². The predicted octanol–water partition coefficient (Wildman–Crippen LogP) is 3.54. The summed E-state index contributed by atoms with van der Waals surface area (Å²) in [5.41, 5.74) is 2.46. The first kappa shape index (κ1) is 18.9. The molecular weight excluding hydrogens is 344 g/mol.